The number of benzene rings is 1. The fraction of sp³-hybridized carbons (Fsp3) is 0.375. The zero-order chi connectivity index (χ0) is 17.0. The van der Waals surface area contributed by atoms with E-state index >= 15 is 0 Å². The second kappa shape index (κ2) is 7.38. The van der Waals surface area contributed by atoms with Crippen LogP contribution in [0.15, 0.2) is 23.6 Å². The van der Waals surface area contributed by atoms with Gasteiger partial charge >= 0.3 is 0 Å². The molecule has 0 spiro atoms. The van der Waals surface area contributed by atoms with Crippen LogP contribution in [0.2, 0.25) is 5.02 Å². The Kier molecular flexibility index (Phi) is 5.73. The zero-order valence-electron chi connectivity index (χ0n) is 13.0. The molecule has 2 aromatic rings. The summed E-state index contributed by atoms with van der Waals surface area (Å²) in [6.07, 6.45) is 0.661. The van der Waals surface area contributed by atoms with Gasteiger partial charge in [-0.25, -0.2) is 9.37 Å². The van der Waals surface area contributed by atoms with Crippen molar-refractivity contribution >= 4 is 28.8 Å². The summed E-state index contributed by atoms with van der Waals surface area (Å²) in [5.74, 6) is -0.621. The van der Waals surface area contributed by atoms with E-state index in [2.05, 4.69) is 10.3 Å². The fourth-order valence-corrected chi connectivity index (χ4v) is 3.40. The molecule has 3 N–H and O–H groups in total. The molecule has 0 saturated carbocycles. The first kappa shape index (κ1) is 17.8. The Balaban J connectivity index is 2.04. The Bertz CT molecular complexity index is 702. The predicted octanol–water partition coefficient (Wildman–Crippen LogP) is 3.14. The summed E-state index contributed by atoms with van der Waals surface area (Å²) in [7, 11) is 0. The molecule has 0 atom stereocenters. The largest absolute Gasteiger partial charge is 0.350 e. The molecule has 23 heavy (non-hydrogen) atoms. The number of hydrogen-bond donors (Lipinski definition) is 2. The smallest absolute Gasteiger partial charge is 0.270 e. The van der Waals surface area contributed by atoms with Crippen LogP contribution >= 0.6 is 22.9 Å². The first-order chi connectivity index (χ1) is 10.8. The number of aromatic nitrogens is 1. The average molecular weight is 356 g/mol. The number of nitrogens with two attached hydrogens (primary N) is 1. The number of carbonyl (C=O) groups is 1. The Morgan fingerprint density at radius 1 is 1.48 bits per heavy atom. The Morgan fingerprint density at radius 3 is 2.87 bits per heavy atom. The van der Waals surface area contributed by atoms with E-state index in [1.165, 1.54) is 23.5 Å². The van der Waals surface area contributed by atoms with Crippen LogP contribution in [0.5, 0.6) is 0 Å². The highest BCUT2D eigenvalue weighted by molar-refractivity contribution is 7.09. The first-order valence-electron chi connectivity index (χ1n) is 7.21. The lowest BCUT2D eigenvalue weighted by molar-refractivity contribution is 0.0941. The standard InChI is InChI=1S/C16H19ClFN3OS/c1-16(2,11-4-3-10(18)7-12(11)17)9-20-15(22)13-8-23-14(21-13)5-6-19/h3-4,7-8H,5-6,9,19H2,1-2H3,(H,20,22). The Labute approximate surface area is 143 Å². The molecule has 0 saturated heterocycles. The summed E-state index contributed by atoms with van der Waals surface area (Å²) in [6.45, 7) is 4.74. The van der Waals surface area contributed by atoms with Crippen LogP contribution in [0.25, 0.3) is 0 Å². The third-order valence-corrected chi connectivity index (χ3v) is 4.72. The van der Waals surface area contributed by atoms with E-state index in [0.29, 0.717) is 30.2 Å². The van der Waals surface area contributed by atoms with E-state index in [4.69, 9.17) is 17.3 Å². The van der Waals surface area contributed by atoms with Gasteiger partial charge in [0.2, 0.25) is 0 Å². The van der Waals surface area contributed by atoms with Gasteiger partial charge in [-0.3, -0.25) is 4.79 Å². The number of nitrogens with one attached hydrogen (secondary N) is 1. The normalized spacial score (nSPS) is 11.5. The number of amides is 1. The van der Waals surface area contributed by atoms with Crippen LogP contribution in [0.4, 0.5) is 4.39 Å². The van der Waals surface area contributed by atoms with Gasteiger partial charge in [-0.05, 0) is 24.2 Å². The van der Waals surface area contributed by atoms with Crippen molar-refractivity contribution in [3.63, 3.8) is 0 Å². The minimum absolute atomic E-state index is 0.240. The average Bonchev–Trinajstić information content (AvgIpc) is 2.93. The Hall–Kier alpha value is -1.50. The lowest BCUT2D eigenvalue weighted by Gasteiger charge is -2.26. The molecule has 1 aromatic carbocycles. The summed E-state index contributed by atoms with van der Waals surface area (Å²) in [5.41, 5.74) is 6.21. The maximum Gasteiger partial charge on any atom is 0.270 e. The van der Waals surface area contributed by atoms with Crippen LogP contribution in [0, 0.1) is 5.82 Å². The van der Waals surface area contributed by atoms with E-state index in [9.17, 15) is 9.18 Å². The number of thiazole rings is 1. The maximum absolute atomic E-state index is 13.2. The summed E-state index contributed by atoms with van der Waals surface area (Å²) in [4.78, 5) is 16.4. The third-order valence-electron chi connectivity index (χ3n) is 3.49. The summed E-state index contributed by atoms with van der Waals surface area (Å²) >= 11 is 7.53. The zero-order valence-corrected chi connectivity index (χ0v) is 14.6. The monoisotopic (exact) mass is 355 g/mol. The van der Waals surface area contributed by atoms with Gasteiger partial charge in [-0.15, -0.1) is 11.3 Å². The topological polar surface area (TPSA) is 68.0 Å². The van der Waals surface area contributed by atoms with Crippen molar-refractivity contribution in [2.45, 2.75) is 25.7 Å². The van der Waals surface area contributed by atoms with Crippen LogP contribution in [-0.4, -0.2) is 24.0 Å². The molecule has 1 amide bonds. The molecule has 4 nitrogen and oxygen atoms in total. The van der Waals surface area contributed by atoms with Crippen molar-refractivity contribution < 1.29 is 9.18 Å². The number of carbonyl (C=O) groups excluding carboxylic acids is 1. The molecule has 0 unspecified atom stereocenters. The molecule has 0 radical (unpaired) electrons. The quantitative estimate of drug-likeness (QED) is 0.836. The van der Waals surface area contributed by atoms with Gasteiger partial charge in [0, 0.05) is 28.8 Å². The van der Waals surface area contributed by atoms with Gasteiger partial charge in [0.05, 0.1) is 5.01 Å². The maximum atomic E-state index is 13.2. The molecule has 2 rings (SSSR count). The van der Waals surface area contributed by atoms with E-state index < -0.39 is 5.41 Å². The van der Waals surface area contributed by atoms with Crippen LogP contribution in [0.3, 0.4) is 0 Å². The number of nitrogens with zero attached hydrogens (tertiary/aromatic N) is 1. The SMILES string of the molecule is CC(C)(CNC(=O)c1csc(CCN)n1)c1ccc(F)cc1Cl. The van der Waals surface area contributed by atoms with E-state index in [1.54, 1.807) is 11.4 Å². The fourth-order valence-electron chi connectivity index (χ4n) is 2.18. The van der Waals surface area contributed by atoms with Gasteiger partial charge in [0.15, 0.2) is 0 Å². The van der Waals surface area contributed by atoms with Gasteiger partial charge in [0.25, 0.3) is 5.91 Å². The van der Waals surface area contributed by atoms with E-state index in [1.807, 2.05) is 13.8 Å². The second-order valence-electron chi connectivity index (χ2n) is 5.86. The highest BCUT2D eigenvalue weighted by Gasteiger charge is 2.25. The lowest BCUT2D eigenvalue weighted by Crippen LogP contribution is -2.37. The molecule has 0 aliphatic rings. The molecular formula is C16H19ClFN3OS. The van der Waals surface area contributed by atoms with Gasteiger partial charge in [-0.2, -0.15) is 0 Å². The number of hydrogen-bond acceptors (Lipinski definition) is 4. The van der Waals surface area contributed by atoms with Crippen molar-refractivity contribution in [1.29, 1.82) is 0 Å². The van der Waals surface area contributed by atoms with Crippen molar-refractivity contribution in [3.8, 4) is 0 Å². The van der Waals surface area contributed by atoms with Crippen molar-refractivity contribution in [3.05, 3.63) is 50.7 Å². The Morgan fingerprint density at radius 2 is 2.22 bits per heavy atom. The van der Waals surface area contributed by atoms with Gasteiger partial charge in [-0.1, -0.05) is 31.5 Å². The van der Waals surface area contributed by atoms with Crippen molar-refractivity contribution in [2.24, 2.45) is 5.73 Å². The third kappa shape index (κ3) is 4.50. The minimum atomic E-state index is -0.434. The summed E-state index contributed by atoms with van der Waals surface area (Å²) in [6, 6.07) is 4.29. The molecule has 1 aromatic heterocycles. The lowest BCUT2D eigenvalue weighted by atomic mass is 9.84. The molecule has 124 valence electrons. The number of rotatable bonds is 6. The van der Waals surface area contributed by atoms with Gasteiger partial charge < -0.3 is 11.1 Å². The highest BCUT2D eigenvalue weighted by Crippen LogP contribution is 2.30. The van der Waals surface area contributed by atoms with Crippen molar-refractivity contribution in [2.75, 3.05) is 13.1 Å². The summed E-state index contributed by atoms with van der Waals surface area (Å²) in [5, 5.41) is 5.77. The first-order valence-corrected chi connectivity index (χ1v) is 8.47. The molecule has 0 aliphatic carbocycles. The van der Waals surface area contributed by atoms with Gasteiger partial charge in [0.1, 0.15) is 11.5 Å². The minimum Gasteiger partial charge on any atom is -0.350 e. The van der Waals surface area contributed by atoms with Crippen molar-refractivity contribution in [1.82, 2.24) is 10.3 Å². The molecule has 1 heterocycles. The van der Waals surface area contributed by atoms with Crippen LogP contribution in [-0.2, 0) is 11.8 Å². The van der Waals surface area contributed by atoms with E-state index in [0.717, 1.165) is 10.6 Å². The summed E-state index contributed by atoms with van der Waals surface area (Å²) < 4.78 is 13.2. The molecular weight excluding hydrogens is 337 g/mol. The molecule has 0 bridgehead atoms. The highest BCUT2D eigenvalue weighted by atomic mass is 35.5. The molecule has 0 aliphatic heterocycles. The number of halogens is 2. The predicted molar refractivity (Wildman–Crippen MR) is 91.6 cm³/mol. The van der Waals surface area contributed by atoms with Crippen LogP contribution in [0.1, 0.15) is 34.9 Å². The molecule has 7 heteroatoms. The van der Waals surface area contributed by atoms with E-state index in [-0.39, 0.29) is 11.7 Å². The second-order valence-corrected chi connectivity index (χ2v) is 7.21. The van der Waals surface area contributed by atoms with Crippen LogP contribution < -0.4 is 11.1 Å². The molecule has 0 fully saturated rings.